The van der Waals surface area contributed by atoms with E-state index in [4.69, 9.17) is 9.26 Å². The molecule has 0 radical (unpaired) electrons. The van der Waals surface area contributed by atoms with Crippen LogP contribution in [0.5, 0.6) is 0 Å². The zero-order valence-corrected chi connectivity index (χ0v) is 15.2. The average molecular weight is 363 g/mol. The molecule has 1 atom stereocenters. The van der Waals surface area contributed by atoms with Gasteiger partial charge >= 0.3 is 6.03 Å². The zero-order chi connectivity index (χ0) is 18.4. The minimum atomic E-state index is -0.178. The van der Waals surface area contributed by atoms with E-state index in [2.05, 4.69) is 25.7 Å². The summed E-state index contributed by atoms with van der Waals surface area (Å²) >= 11 is 0. The Morgan fingerprint density at radius 2 is 2.31 bits per heavy atom. The van der Waals surface area contributed by atoms with E-state index in [0.29, 0.717) is 44.3 Å². The number of likely N-dealkylation sites (tertiary alicyclic amines) is 1. The molecule has 0 saturated carbocycles. The first-order valence-corrected chi connectivity index (χ1v) is 8.88. The van der Waals surface area contributed by atoms with Crippen molar-refractivity contribution in [2.24, 2.45) is 7.05 Å². The number of rotatable bonds is 7. The van der Waals surface area contributed by atoms with Gasteiger partial charge in [-0.1, -0.05) is 5.16 Å². The lowest BCUT2D eigenvalue weighted by Gasteiger charge is -2.33. The summed E-state index contributed by atoms with van der Waals surface area (Å²) in [5.41, 5.74) is 0. The molecule has 26 heavy (non-hydrogen) atoms. The molecule has 1 fully saturated rings. The van der Waals surface area contributed by atoms with Crippen molar-refractivity contribution in [2.45, 2.75) is 38.1 Å². The molecular weight excluding hydrogens is 338 g/mol. The minimum absolute atomic E-state index is 0.117. The Morgan fingerprint density at radius 1 is 1.42 bits per heavy atom. The van der Waals surface area contributed by atoms with Crippen LogP contribution in [0.4, 0.5) is 4.79 Å². The van der Waals surface area contributed by atoms with Gasteiger partial charge in [0.05, 0.1) is 6.61 Å². The zero-order valence-electron chi connectivity index (χ0n) is 15.2. The molecule has 10 nitrogen and oxygen atoms in total. The number of aromatic nitrogens is 5. The highest BCUT2D eigenvalue weighted by molar-refractivity contribution is 5.74. The first-order chi connectivity index (χ1) is 12.7. The third-order valence-corrected chi connectivity index (χ3v) is 4.49. The molecule has 10 heteroatoms. The third kappa shape index (κ3) is 4.37. The SMILES string of the molecule is COCCc1noc(C2CCCCN2C(=O)NCCc2nncn2C)n1. The highest BCUT2D eigenvalue weighted by Crippen LogP contribution is 2.29. The fourth-order valence-electron chi connectivity index (χ4n) is 3.05. The quantitative estimate of drug-likeness (QED) is 0.777. The summed E-state index contributed by atoms with van der Waals surface area (Å²) < 4.78 is 12.3. The van der Waals surface area contributed by atoms with Crippen LogP contribution in [0, 0.1) is 0 Å². The molecular formula is C16H25N7O3. The smallest absolute Gasteiger partial charge is 0.318 e. The van der Waals surface area contributed by atoms with E-state index < -0.39 is 0 Å². The Labute approximate surface area is 151 Å². The van der Waals surface area contributed by atoms with Gasteiger partial charge in [0.15, 0.2) is 5.82 Å². The van der Waals surface area contributed by atoms with Crippen LogP contribution in [0.25, 0.3) is 0 Å². The second-order valence-electron chi connectivity index (χ2n) is 6.34. The molecule has 2 aromatic heterocycles. The van der Waals surface area contributed by atoms with Crippen LogP contribution in [-0.2, 0) is 24.6 Å². The number of nitrogens with one attached hydrogen (secondary N) is 1. The molecule has 2 aromatic rings. The van der Waals surface area contributed by atoms with Gasteiger partial charge in [0.2, 0.25) is 5.89 Å². The van der Waals surface area contributed by atoms with Crippen molar-refractivity contribution in [3.05, 3.63) is 23.9 Å². The summed E-state index contributed by atoms with van der Waals surface area (Å²) in [7, 11) is 3.52. The molecule has 1 saturated heterocycles. The van der Waals surface area contributed by atoms with Gasteiger partial charge in [-0.3, -0.25) is 0 Å². The number of methoxy groups -OCH3 is 1. The van der Waals surface area contributed by atoms with Gasteiger partial charge in [-0.05, 0) is 19.3 Å². The van der Waals surface area contributed by atoms with Crippen molar-refractivity contribution < 1.29 is 14.1 Å². The summed E-state index contributed by atoms with van der Waals surface area (Å²) in [6, 6.07) is -0.295. The minimum Gasteiger partial charge on any atom is -0.384 e. The van der Waals surface area contributed by atoms with Gasteiger partial charge in [-0.2, -0.15) is 4.98 Å². The number of amides is 2. The van der Waals surface area contributed by atoms with Crippen LogP contribution < -0.4 is 5.32 Å². The highest BCUT2D eigenvalue weighted by atomic mass is 16.5. The number of nitrogens with zero attached hydrogens (tertiary/aromatic N) is 6. The number of piperidine rings is 1. The van der Waals surface area contributed by atoms with Gasteiger partial charge in [0.25, 0.3) is 0 Å². The Balaban J connectivity index is 1.58. The molecule has 3 rings (SSSR count). The standard InChI is InChI=1S/C16H25N7O3/c1-22-11-18-20-14(22)6-8-17-16(24)23-9-4-3-5-12(23)15-19-13(21-26-15)7-10-25-2/h11-12H,3-10H2,1-2H3,(H,17,24). The molecule has 142 valence electrons. The van der Waals surface area contributed by atoms with Gasteiger partial charge < -0.3 is 24.0 Å². The fraction of sp³-hybridized carbons (Fsp3) is 0.688. The van der Waals surface area contributed by atoms with Gasteiger partial charge in [0.1, 0.15) is 18.2 Å². The molecule has 1 N–H and O–H groups in total. The highest BCUT2D eigenvalue weighted by Gasteiger charge is 2.32. The summed E-state index contributed by atoms with van der Waals surface area (Å²) in [4.78, 5) is 18.9. The maximum Gasteiger partial charge on any atom is 0.318 e. The maximum absolute atomic E-state index is 12.6. The number of carbonyl (C=O) groups is 1. The van der Waals surface area contributed by atoms with E-state index in [1.165, 1.54) is 0 Å². The van der Waals surface area contributed by atoms with Crippen LogP contribution in [0.2, 0.25) is 0 Å². The van der Waals surface area contributed by atoms with Crippen LogP contribution in [-0.4, -0.2) is 62.6 Å². The van der Waals surface area contributed by atoms with Gasteiger partial charge in [-0.25, -0.2) is 4.79 Å². The van der Waals surface area contributed by atoms with E-state index in [1.807, 2.05) is 11.6 Å². The molecule has 0 bridgehead atoms. The number of aryl methyl sites for hydroxylation is 1. The second-order valence-corrected chi connectivity index (χ2v) is 6.34. The Morgan fingerprint density at radius 3 is 3.08 bits per heavy atom. The Bertz CT molecular complexity index is 714. The van der Waals surface area contributed by atoms with Crippen molar-refractivity contribution in [1.82, 2.24) is 35.1 Å². The van der Waals surface area contributed by atoms with Crippen LogP contribution in [0.3, 0.4) is 0 Å². The summed E-state index contributed by atoms with van der Waals surface area (Å²) in [5.74, 6) is 1.94. The van der Waals surface area contributed by atoms with E-state index in [-0.39, 0.29) is 12.1 Å². The average Bonchev–Trinajstić information content (AvgIpc) is 3.29. The molecule has 2 amide bonds. The molecule has 1 aliphatic heterocycles. The van der Waals surface area contributed by atoms with Crippen LogP contribution in [0.1, 0.15) is 42.8 Å². The predicted molar refractivity (Wildman–Crippen MR) is 91.3 cm³/mol. The predicted octanol–water partition coefficient (Wildman–Crippen LogP) is 0.866. The monoisotopic (exact) mass is 363 g/mol. The van der Waals surface area contributed by atoms with Crippen molar-refractivity contribution in [1.29, 1.82) is 0 Å². The second kappa shape index (κ2) is 8.75. The Hall–Kier alpha value is -2.49. The summed E-state index contributed by atoms with van der Waals surface area (Å²) in [6.07, 6.45) is 5.69. The first kappa shape index (κ1) is 18.3. The van der Waals surface area contributed by atoms with Crippen LogP contribution in [0.15, 0.2) is 10.9 Å². The van der Waals surface area contributed by atoms with E-state index in [9.17, 15) is 4.79 Å². The van der Waals surface area contributed by atoms with E-state index in [0.717, 1.165) is 25.1 Å². The third-order valence-electron chi connectivity index (χ3n) is 4.49. The van der Waals surface area contributed by atoms with Gasteiger partial charge in [0, 0.05) is 40.1 Å². The van der Waals surface area contributed by atoms with Crippen LogP contribution >= 0.6 is 0 Å². The molecule has 3 heterocycles. The number of urea groups is 1. The largest absolute Gasteiger partial charge is 0.384 e. The van der Waals surface area contributed by atoms with E-state index >= 15 is 0 Å². The van der Waals surface area contributed by atoms with Crippen molar-refractivity contribution in [3.63, 3.8) is 0 Å². The maximum atomic E-state index is 12.6. The van der Waals surface area contributed by atoms with Crippen molar-refractivity contribution in [3.8, 4) is 0 Å². The molecule has 0 spiro atoms. The van der Waals surface area contributed by atoms with Crippen molar-refractivity contribution >= 4 is 6.03 Å². The van der Waals surface area contributed by atoms with E-state index in [1.54, 1.807) is 18.3 Å². The topological polar surface area (TPSA) is 111 Å². The lowest BCUT2D eigenvalue weighted by molar-refractivity contribution is 0.132. The number of hydrogen-bond donors (Lipinski definition) is 1. The molecule has 0 aliphatic carbocycles. The number of ether oxygens (including phenoxy) is 1. The number of hydrogen-bond acceptors (Lipinski definition) is 7. The summed E-state index contributed by atoms with van der Waals surface area (Å²) in [6.45, 7) is 1.71. The molecule has 1 unspecified atom stereocenters. The molecule has 1 aliphatic rings. The lowest BCUT2D eigenvalue weighted by atomic mass is 10.0. The summed E-state index contributed by atoms with van der Waals surface area (Å²) in [5, 5.41) is 14.8. The fourth-order valence-corrected chi connectivity index (χ4v) is 3.05. The van der Waals surface area contributed by atoms with Gasteiger partial charge in [-0.15, -0.1) is 10.2 Å². The first-order valence-electron chi connectivity index (χ1n) is 8.88. The lowest BCUT2D eigenvalue weighted by Crippen LogP contribution is -2.45. The van der Waals surface area contributed by atoms with Crippen molar-refractivity contribution in [2.75, 3.05) is 26.8 Å². The normalized spacial score (nSPS) is 17.5. The Kier molecular flexibility index (Phi) is 6.16. The number of carbonyl (C=O) groups excluding carboxylic acids is 1. The molecule has 0 aromatic carbocycles.